The summed E-state index contributed by atoms with van der Waals surface area (Å²) in [4.78, 5) is 18.6. The molecule has 7 heteroatoms. The van der Waals surface area contributed by atoms with Gasteiger partial charge in [-0.2, -0.15) is 0 Å². The van der Waals surface area contributed by atoms with Gasteiger partial charge in [0.1, 0.15) is 11.6 Å². The zero-order chi connectivity index (χ0) is 26.3. The van der Waals surface area contributed by atoms with Crippen LogP contribution in [0.5, 0.6) is 17.2 Å². The van der Waals surface area contributed by atoms with E-state index in [2.05, 4.69) is 52.8 Å². The third kappa shape index (κ3) is 6.23. The number of hydrogen-bond acceptors (Lipinski definition) is 6. The minimum absolute atomic E-state index is 0.260. The fourth-order valence-corrected chi connectivity index (χ4v) is 4.70. The van der Waals surface area contributed by atoms with Gasteiger partial charge in [-0.15, -0.1) is 0 Å². The van der Waals surface area contributed by atoms with Crippen LogP contribution >= 0.6 is 0 Å². The number of carbonyl (C=O) groups excluding carboxylic acids is 1. The molecule has 196 valence electrons. The molecule has 38 heavy (non-hydrogen) atoms. The van der Waals surface area contributed by atoms with E-state index < -0.39 is 0 Å². The van der Waals surface area contributed by atoms with Crippen molar-refractivity contribution in [2.75, 3.05) is 6.79 Å². The fourth-order valence-electron chi connectivity index (χ4n) is 4.70. The summed E-state index contributed by atoms with van der Waals surface area (Å²) in [5, 5.41) is 0. The molecule has 0 spiro atoms. The predicted molar refractivity (Wildman–Crippen MR) is 146 cm³/mol. The van der Waals surface area contributed by atoms with Crippen LogP contribution in [0.3, 0.4) is 0 Å². The number of hydrogen-bond donors (Lipinski definition) is 0. The Kier molecular flexibility index (Phi) is 8.04. The Bertz CT molecular complexity index is 1370. The zero-order valence-electron chi connectivity index (χ0n) is 21.9. The molecule has 0 saturated carbocycles. The number of aromatic nitrogens is 2. The molecular weight excluding hydrogens is 478 g/mol. The van der Waals surface area contributed by atoms with E-state index in [9.17, 15) is 4.79 Å². The molecule has 5 rings (SSSR count). The van der Waals surface area contributed by atoms with Gasteiger partial charge in [0, 0.05) is 38.7 Å². The smallest absolute Gasteiger partial charge is 0.308 e. The first-order valence-electron chi connectivity index (χ1n) is 13.1. The Morgan fingerprint density at radius 2 is 1.68 bits per heavy atom. The third-order valence-corrected chi connectivity index (χ3v) is 6.53. The van der Waals surface area contributed by atoms with E-state index in [0.29, 0.717) is 12.3 Å². The van der Waals surface area contributed by atoms with E-state index in [1.54, 1.807) is 0 Å². The van der Waals surface area contributed by atoms with Crippen molar-refractivity contribution in [1.29, 1.82) is 0 Å². The maximum Gasteiger partial charge on any atom is 0.308 e. The largest absolute Gasteiger partial charge is 0.454 e. The predicted octanol–water partition coefficient (Wildman–Crippen LogP) is 6.21. The van der Waals surface area contributed by atoms with Crippen LogP contribution in [0.1, 0.15) is 43.5 Å². The first-order chi connectivity index (χ1) is 18.6. The van der Waals surface area contributed by atoms with Crippen molar-refractivity contribution in [2.45, 2.75) is 52.9 Å². The first-order valence-corrected chi connectivity index (χ1v) is 13.1. The highest BCUT2D eigenvalue weighted by Gasteiger charge is 2.18. The Balaban J connectivity index is 1.42. The Morgan fingerprint density at radius 1 is 0.947 bits per heavy atom. The molecule has 1 aliphatic rings. The SMILES string of the molecule is CCCCn1c(CN(Cc2ccc(OC(C)=O)cc2)Cc2ccc3c(c2)OCO3)cnc1-c1ccccc1. The zero-order valence-corrected chi connectivity index (χ0v) is 21.9. The average molecular weight is 512 g/mol. The normalized spacial score (nSPS) is 12.2. The number of imidazole rings is 1. The number of unbranched alkanes of at least 4 members (excludes halogenated alkanes) is 1. The molecule has 0 saturated heterocycles. The van der Waals surface area contributed by atoms with Gasteiger partial charge in [-0.05, 0) is 41.8 Å². The van der Waals surface area contributed by atoms with Crippen LogP contribution in [0.15, 0.2) is 79.0 Å². The van der Waals surface area contributed by atoms with E-state index in [-0.39, 0.29) is 12.8 Å². The van der Waals surface area contributed by atoms with Crippen molar-refractivity contribution in [1.82, 2.24) is 14.5 Å². The van der Waals surface area contributed by atoms with Crippen molar-refractivity contribution >= 4 is 5.97 Å². The molecule has 1 aliphatic heterocycles. The number of nitrogens with zero attached hydrogens (tertiary/aromatic N) is 3. The molecule has 0 unspecified atom stereocenters. The van der Waals surface area contributed by atoms with Crippen molar-refractivity contribution in [3.63, 3.8) is 0 Å². The molecule has 0 aliphatic carbocycles. The average Bonchev–Trinajstić information content (AvgIpc) is 3.55. The summed E-state index contributed by atoms with van der Waals surface area (Å²) < 4.78 is 18.7. The topological polar surface area (TPSA) is 65.8 Å². The molecule has 0 bridgehead atoms. The summed E-state index contributed by atoms with van der Waals surface area (Å²) in [5.41, 5.74) is 4.58. The number of benzene rings is 3. The number of esters is 1. The van der Waals surface area contributed by atoms with Crippen LogP contribution < -0.4 is 14.2 Å². The van der Waals surface area contributed by atoms with E-state index in [0.717, 1.165) is 66.5 Å². The van der Waals surface area contributed by atoms with Crippen LogP contribution in [0.2, 0.25) is 0 Å². The third-order valence-electron chi connectivity index (χ3n) is 6.53. The molecular formula is C31H33N3O4. The van der Waals surface area contributed by atoms with Gasteiger partial charge in [0.2, 0.25) is 6.79 Å². The second-order valence-electron chi connectivity index (χ2n) is 9.51. The summed E-state index contributed by atoms with van der Waals surface area (Å²) in [6.07, 6.45) is 4.21. The minimum Gasteiger partial charge on any atom is -0.454 e. The molecule has 2 heterocycles. The molecule has 0 N–H and O–H groups in total. The first kappa shape index (κ1) is 25.5. The van der Waals surface area contributed by atoms with Crippen molar-refractivity contribution in [3.05, 3.63) is 95.8 Å². The fraction of sp³-hybridized carbons (Fsp3) is 0.290. The number of ether oxygens (including phenoxy) is 3. The van der Waals surface area contributed by atoms with Gasteiger partial charge in [-0.25, -0.2) is 4.98 Å². The lowest BCUT2D eigenvalue weighted by Crippen LogP contribution is -2.24. The highest BCUT2D eigenvalue weighted by atomic mass is 16.7. The lowest BCUT2D eigenvalue weighted by atomic mass is 10.1. The van der Waals surface area contributed by atoms with E-state index in [1.807, 2.05) is 42.6 Å². The van der Waals surface area contributed by atoms with Crippen molar-refractivity contribution in [3.8, 4) is 28.6 Å². The molecule has 7 nitrogen and oxygen atoms in total. The van der Waals surface area contributed by atoms with E-state index >= 15 is 0 Å². The molecule has 4 aromatic rings. The highest BCUT2D eigenvalue weighted by molar-refractivity contribution is 5.69. The second-order valence-corrected chi connectivity index (χ2v) is 9.51. The van der Waals surface area contributed by atoms with Crippen molar-refractivity contribution in [2.24, 2.45) is 0 Å². The van der Waals surface area contributed by atoms with Crippen LogP contribution in [0.4, 0.5) is 0 Å². The number of carbonyl (C=O) groups is 1. The lowest BCUT2D eigenvalue weighted by molar-refractivity contribution is -0.131. The van der Waals surface area contributed by atoms with E-state index in [1.165, 1.54) is 12.6 Å². The summed E-state index contributed by atoms with van der Waals surface area (Å²) in [7, 11) is 0. The summed E-state index contributed by atoms with van der Waals surface area (Å²) in [5.74, 6) is 2.80. The van der Waals surface area contributed by atoms with Crippen LogP contribution in [-0.2, 0) is 31.0 Å². The van der Waals surface area contributed by atoms with Gasteiger partial charge in [0.25, 0.3) is 0 Å². The number of rotatable bonds is 11. The quantitative estimate of drug-likeness (QED) is 0.176. The lowest BCUT2D eigenvalue weighted by Gasteiger charge is -2.24. The maximum atomic E-state index is 11.3. The van der Waals surface area contributed by atoms with Gasteiger partial charge < -0.3 is 18.8 Å². The molecule has 0 radical (unpaired) electrons. The molecule has 0 amide bonds. The molecule has 0 atom stereocenters. The van der Waals surface area contributed by atoms with Gasteiger partial charge >= 0.3 is 5.97 Å². The van der Waals surface area contributed by atoms with Gasteiger partial charge in [-0.3, -0.25) is 9.69 Å². The monoisotopic (exact) mass is 511 g/mol. The Morgan fingerprint density at radius 3 is 2.45 bits per heavy atom. The Labute approximate surface area is 223 Å². The molecule has 3 aromatic carbocycles. The van der Waals surface area contributed by atoms with E-state index in [4.69, 9.17) is 19.2 Å². The Hall–Kier alpha value is -4.10. The van der Waals surface area contributed by atoms with Gasteiger partial charge in [0.15, 0.2) is 11.5 Å². The molecule has 0 fully saturated rings. The molecule has 1 aromatic heterocycles. The summed E-state index contributed by atoms with van der Waals surface area (Å²) in [6.45, 7) is 6.97. The second kappa shape index (κ2) is 12.0. The minimum atomic E-state index is -0.322. The highest BCUT2D eigenvalue weighted by Crippen LogP contribution is 2.33. The van der Waals surface area contributed by atoms with Crippen LogP contribution in [0, 0.1) is 0 Å². The van der Waals surface area contributed by atoms with Crippen LogP contribution in [-0.4, -0.2) is 27.2 Å². The number of fused-ring (bicyclic) bond motifs is 1. The van der Waals surface area contributed by atoms with Crippen LogP contribution in [0.25, 0.3) is 11.4 Å². The van der Waals surface area contributed by atoms with Gasteiger partial charge in [-0.1, -0.05) is 61.9 Å². The maximum absolute atomic E-state index is 11.3. The van der Waals surface area contributed by atoms with Gasteiger partial charge in [0.05, 0.1) is 11.9 Å². The standard InChI is InChI=1S/C31H33N3O4/c1-3-4-16-34-27(18-32-31(34)26-8-6-5-7-9-26)21-33(19-24-10-13-28(14-11-24)38-23(2)35)20-25-12-15-29-30(17-25)37-22-36-29/h5-15,17-18H,3-4,16,19-22H2,1-2H3. The summed E-state index contributed by atoms with van der Waals surface area (Å²) in [6, 6.07) is 24.2. The summed E-state index contributed by atoms with van der Waals surface area (Å²) >= 11 is 0. The van der Waals surface area contributed by atoms with Crippen molar-refractivity contribution < 1.29 is 19.0 Å².